The first-order valence-corrected chi connectivity index (χ1v) is 11.7. The lowest BCUT2D eigenvalue weighted by molar-refractivity contribution is -0.125. The summed E-state index contributed by atoms with van der Waals surface area (Å²) in [5.74, 6) is 1.92. The molecule has 1 N–H and O–H groups in total. The molecule has 1 saturated heterocycles. The Balaban J connectivity index is 1.36. The molecule has 0 saturated carbocycles. The quantitative estimate of drug-likeness (QED) is 0.534. The summed E-state index contributed by atoms with van der Waals surface area (Å²) in [4.78, 5) is 24.1. The lowest BCUT2D eigenvalue weighted by Crippen LogP contribution is -2.45. The number of nitrogens with one attached hydrogen (secondary N) is 1. The van der Waals surface area contributed by atoms with Gasteiger partial charge in [0.2, 0.25) is 5.91 Å². The predicted molar refractivity (Wildman–Crippen MR) is 131 cm³/mol. The first-order valence-electron chi connectivity index (χ1n) is 11.7. The van der Waals surface area contributed by atoms with Crippen molar-refractivity contribution in [1.82, 2.24) is 15.3 Å². The zero-order valence-corrected chi connectivity index (χ0v) is 19.4. The number of aromatic nitrogens is 2. The lowest BCUT2D eigenvalue weighted by Gasteiger charge is -2.33. The fraction of sp³-hybridized carbons (Fsp3) is 0.370. The van der Waals surface area contributed by atoms with Gasteiger partial charge in [0.25, 0.3) is 5.88 Å². The van der Waals surface area contributed by atoms with Gasteiger partial charge in [0.1, 0.15) is 5.75 Å². The molecular formula is C27H32N4O2. The summed E-state index contributed by atoms with van der Waals surface area (Å²) < 4.78 is 6.04. The minimum Gasteiger partial charge on any atom is -0.436 e. The van der Waals surface area contributed by atoms with Crippen LogP contribution < -0.4 is 15.0 Å². The van der Waals surface area contributed by atoms with E-state index in [1.54, 1.807) is 12.4 Å². The van der Waals surface area contributed by atoms with Gasteiger partial charge in [-0.2, -0.15) is 0 Å². The van der Waals surface area contributed by atoms with Crippen LogP contribution in [-0.2, 0) is 11.2 Å². The van der Waals surface area contributed by atoms with Crippen molar-refractivity contribution in [2.75, 3.05) is 18.0 Å². The van der Waals surface area contributed by atoms with E-state index in [1.165, 1.54) is 11.1 Å². The zero-order chi connectivity index (χ0) is 23.0. The summed E-state index contributed by atoms with van der Waals surface area (Å²) in [5, 5.41) is 3.22. The van der Waals surface area contributed by atoms with Crippen LogP contribution in [0.25, 0.3) is 0 Å². The predicted octanol–water partition coefficient (Wildman–Crippen LogP) is 4.93. The van der Waals surface area contributed by atoms with E-state index in [0.29, 0.717) is 18.2 Å². The van der Waals surface area contributed by atoms with Gasteiger partial charge >= 0.3 is 0 Å². The van der Waals surface area contributed by atoms with Crippen LogP contribution in [0.1, 0.15) is 37.3 Å². The summed E-state index contributed by atoms with van der Waals surface area (Å²) in [6.07, 6.45) is 6.99. The topological polar surface area (TPSA) is 67.4 Å². The van der Waals surface area contributed by atoms with E-state index in [-0.39, 0.29) is 17.9 Å². The van der Waals surface area contributed by atoms with E-state index in [4.69, 9.17) is 4.74 Å². The van der Waals surface area contributed by atoms with Crippen LogP contribution in [0.5, 0.6) is 11.6 Å². The van der Waals surface area contributed by atoms with Gasteiger partial charge < -0.3 is 15.0 Å². The number of benzene rings is 2. The Morgan fingerprint density at radius 2 is 1.88 bits per heavy atom. The van der Waals surface area contributed by atoms with Crippen molar-refractivity contribution in [2.45, 2.75) is 45.6 Å². The van der Waals surface area contributed by atoms with Gasteiger partial charge in [-0.25, -0.2) is 9.97 Å². The average Bonchev–Trinajstić information content (AvgIpc) is 2.85. The molecule has 2 atom stereocenters. The van der Waals surface area contributed by atoms with Crippen molar-refractivity contribution in [2.24, 2.45) is 5.92 Å². The van der Waals surface area contributed by atoms with E-state index in [0.717, 1.165) is 38.0 Å². The molecule has 1 fully saturated rings. The summed E-state index contributed by atoms with van der Waals surface area (Å²) in [6.45, 7) is 5.56. The van der Waals surface area contributed by atoms with Gasteiger partial charge in [-0.05, 0) is 57.2 Å². The van der Waals surface area contributed by atoms with Crippen LogP contribution in [0, 0.1) is 12.8 Å². The van der Waals surface area contributed by atoms with Gasteiger partial charge in [-0.3, -0.25) is 4.79 Å². The molecule has 6 nitrogen and oxygen atoms in total. The zero-order valence-electron chi connectivity index (χ0n) is 19.4. The Hall–Kier alpha value is -3.41. The van der Waals surface area contributed by atoms with E-state index in [2.05, 4.69) is 51.4 Å². The Bertz CT molecular complexity index is 1040. The highest BCUT2D eigenvalue weighted by atomic mass is 16.5. The molecule has 0 bridgehead atoms. The van der Waals surface area contributed by atoms with Crippen molar-refractivity contribution in [1.29, 1.82) is 0 Å². The molecule has 3 aromatic rings. The maximum Gasteiger partial charge on any atom is 0.263 e. The van der Waals surface area contributed by atoms with Gasteiger partial charge in [-0.1, -0.05) is 48.0 Å². The normalized spacial score (nSPS) is 16.8. The number of nitrogens with zero attached hydrogens (tertiary/aromatic N) is 3. The van der Waals surface area contributed by atoms with Crippen LogP contribution in [0.2, 0.25) is 0 Å². The molecule has 172 valence electrons. The number of carbonyl (C=O) groups excluding carboxylic acids is 1. The molecule has 33 heavy (non-hydrogen) atoms. The summed E-state index contributed by atoms with van der Waals surface area (Å²) in [5.41, 5.74) is 2.47. The van der Waals surface area contributed by atoms with Gasteiger partial charge in [0, 0.05) is 31.5 Å². The number of piperidine rings is 1. The number of ether oxygens (including phenoxy) is 1. The summed E-state index contributed by atoms with van der Waals surface area (Å²) in [6, 6.07) is 18.4. The number of rotatable bonds is 8. The molecule has 6 heteroatoms. The average molecular weight is 445 g/mol. The number of amides is 1. The molecule has 1 aliphatic rings. The highest BCUT2D eigenvalue weighted by molar-refractivity contribution is 5.80. The number of carbonyl (C=O) groups is 1. The smallest absolute Gasteiger partial charge is 0.263 e. The van der Waals surface area contributed by atoms with Crippen LogP contribution in [0.4, 0.5) is 5.82 Å². The Morgan fingerprint density at radius 3 is 2.67 bits per heavy atom. The lowest BCUT2D eigenvalue weighted by atomic mass is 9.96. The molecule has 1 aliphatic heterocycles. The van der Waals surface area contributed by atoms with E-state index >= 15 is 0 Å². The van der Waals surface area contributed by atoms with Crippen molar-refractivity contribution in [3.63, 3.8) is 0 Å². The van der Waals surface area contributed by atoms with Crippen LogP contribution in [-0.4, -0.2) is 35.0 Å². The minimum absolute atomic E-state index is 0.0767. The molecule has 2 heterocycles. The third-order valence-corrected chi connectivity index (χ3v) is 6.07. The molecule has 4 rings (SSSR count). The highest BCUT2D eigenvalue weighted by Gasteiger charge is 2.29. The fourth-order valence-electron chi connectivity index (χ4n) is 4.17. The first kappa shape index (κ1) is 22.8. The van der Waals surface area contributed by atoms with Crippen LogP contribution in [0.15, 0.2) is 67.0 Å². The standard InChI is InChI=1S/C27H32N4O2/c1-20-10-14-24(15-11-20)33-27-25(28-16-17-29-27)31-18-6-9-23(19-31)26(32)30-21(2)12-13-22-7-4-3-5-8-22/h3-5,7-8,10-11,14-17,21,23H,6,9,12-13,18-19H2,1-2H3,(H,30,32). The minimum atomic E-state index is -0.0767. The maximum absolute atomic E-state index is 13.0. The third-order valence-electron chi connectivity index (χ3n) is 6.07. The van der Waals surface area contributed by atoms with Gasteiger partial charge in [0.15, 0.2) is 5.82 Å². The van der Waals surface area contributed by atoms with Crippen molar-refractivity contribution in [3.05, 3.63) is 78.1 Å². The Labute approximate surface area is 196 Å². The molecule has 1 amide bonds. The second-order valence-corrected chi connectivity index (χ2v) is 8.82. The third kappa shape index (κ3) is 6.31. The molecule has 2 unspecified atom stereocenters. The first-order chi connectivity index (χ1) is 16.1. The van der Waals surface area contributed by atoms with Crippen molar-refractivity contribution in [3.8, 4) is 11.6 Å². The van der Waals surface area contributed by atoms with E-state index in [1.807, 2.05) is 37.3 Å². The maximum atomic E-state index is 13.0. The van der Waals surface area contributed by atoms with E-state index in [9.17, 15) is 4.79 Å². The highest BCUT2D eigenvalue weighted by Crippen LogP contribution is 2.31. The number of anilines is 1. The number of hydrogen-bond acceptors (Lipinski definition) is 5. The molecule has 0 radical (unpaired) electrons. The molecule has 1 aromatic heterocycles. The van der Waals surface area contributed by atoms with E-state index < -0.39 is 0 Å². The second-order valence-electron chi connectivity index (χ2n) is 8.82. The molecule has 0 spiro atoms. The second kappa shape index (κ2) is 10.9. The largest absolute Gasteiger partial charge is 0.436 e. The molecule has 0 aliphatic carbocycles. The summed E-state index contributed by atoms with van der Waals surface area (Å²) in [7, 11) is 0. The Kier molecular flexibility index (Phi) is 7.55. The Morgan fingerprint density at radius 1 is 1.12 bits per heavy atom. The van der Waals surface area contributed by atoms with Crippen LogP contribution >= 0.6 is 0 Å². The van der Waals surface area contributed by atoms with Gasteiger partial charge in [-0.15, -0.1) is 0 Å². The monoisotopic (exact) mass is 444 g/mol. The number of hydrogen-bond donors (Lipinski definition) is 1. The molecular weight excluding hydrogens is 412 g/mol. The summed E-state index contributed by atoms with van der Waals surface area (Å²) >= 11 is 0. The van der Waals surface area contributed by atoms with Gasteiger partial charge in [0.05, 0.1) is 5.92 Å². The SMILES string of the molecule is Cc1ccc(Oc2nccnc2N2CCCC(C(=O)NC(C)CCc3ccccc3)C2)cc1. The van der Waals surface area contributed by atoms with Crippen molar-refractivity contribution >= 4 is 11.7 Å². The van der Waals surface area contributed by atoms with Crippen molar-refractivity contribution < 1.29 is 9.53 Å². The number of aryl methyl sites for hydroxylation is 2. The fourth-order valence-corrected chi connectivity index (χ4v) is 4.17. The van der Waals surface area contributed by atoms with Crippen LogP contribution in [0.3, 0.4) is 0 Å². The molecule has 2 aromatic carbocycles.